The van der Waals surface area contributed by atoms with Crippen LogP contribution in [0.25, 0.3) is 0 Å². The summed E-state index contributed by atoms with van der Waals surface area (Å²) in [5, 5.41) is 9.65. The van der Waals surface area contributed by atoms with Crippen molar-refractivity contribution in [3.05, 3.63) is 36.5 Å². The standard InChI is InChI=1S/C53H97NO7/c1-6-8-10-12-14-16-18-20-22-24-26-28-29-31-33-35-37-39-41-43-51(55)60-48-49(47-59-46-45-50(53(57)58)54(3,4)5)61-52(56)44-42-40-38-36-34-32-30-27-25-23-21-19-17-15-13-11-9-7-2/h19,21,23,25,27,30,49-50H,6-18,20,22,24,26,28-29,31-48H2,1-5H3/p+1/b21-19+,25-23+,30-27+. The number of esters is 2. The summed E-state index contributed by atoms with van der Waals surface area (Å²) in [6.07, 6.45) is 51.9. The van der Waals surface area contributed by atoms with Crippen LogP contribution in [0.5, 0.6) is 0 Å². The summed E-state index contributed by atoms with van der Waals surface area (Å²) in [6, 6.07) is -0.618. The van der Waals surface area contributed by atoms with Crippen molar-refractivity contribution in [1.82, 2.24) is 0 Å². The van der Waals surface area contributed by atoms with E-state index in [-0.39, 0.29) is 36.2 Å². The fraction of sp³-hybridized carbons (Fsp3) is 0.830. The van der Waals surface area contributed by atoms with Crippen LogP contribution in [0.4, 0.5) is 0 Å². The van der Waals surface area contributed by atoms with Crippen LogP contribution in [0, 0.1) is 0 Å². The van der Waals surface area contributed by atoms with E-state index >= 15 is 0 Å². The second kappa shape index (κ2) is 44.2. The highest BCUT2D eigenvalue weighted by Gasteiger charge is 2.31. The number of ether oxygens (including phenoxy) is 3. The number of unbranched alkanes of at least 4 members (excludes halogenated alkanes) is 28. The van der Waals surface area contributed by atoms with Gasteiger partial charge >= 0.3 is 17.9 Å². The van der Waals surface area contributed by atoms with E-state index in [9.17, 15) is 19.5 Å². The summed E-state index contributed by atoms with van der Waals surface area (Å²) in [7, 11) is 5.53. The highest BCUT2D eigenvalue weighted by Crippen LogP contribution is 2.16. The molecular weight excluding hydrogens is 763 g/mol. The Labute approximate surface area is 376 Å². The van der Waals surface area contributed by atoms with E-state index in [2.05, 4.69) is 50.3 Å². The third-order valence-corrected chi connectivity index (χ3v) is 11.6. The Kier molecular flexibility index (Phi) is 42.4. The monoisotopic (exact) mass is 861 g/mol. The summed E-state index contributed by atoms with van der Waals surface area (Å²) in [4.78, 5) is 37.1. The molecule has 8 nitrogen and oxygen atoms in total. The highest BCUT2D eigenvalue weighted by molar-refractivity contribution is 5.72. The molecule has 0 spiro atoms. The molecule has 0 heterocycles. The molecule has 0 aliphatic rings. The number of carbonyl (C=O) groups excluding carboxylic acids is 2. The first-order chi connectivity index (χ1) is 29.6. The molecule has 2 unspecified atom stereocenters. The molecule has 0 aromatic rings. The molecule has 0 radical (unpaired) electrons. The van der Waals surface area contributed by atoms with Gasteiger partial charge < -0.3 is 23.8 Å². The zero-order valence-corrected chi connectivity index (χ0v) is 40.6. The molecule has 2 atom stereocenters. The molecule has 61 heavy (non-hydrogen) atoms. The lowest BCUT2D eigenvalue weighted by molar-refractivity contribution is -0.887. The van der Waals surface area contributed by atoms with E-state index < -0.39 is 18.1 Å². The van der Waals surface area contributed by atoms with Crippen molar-refractivity contribution in [3.8, 4) is 0 Å². The summed E-state index contributed by atoms with van der Waals surface area (Å²) in [5.74, 6) is -1.48. The molecule has 0 aliphatic carbocycles. The first-order valence-corrected chi connectivity index (χ1v) is 25.6. The SMILES string of the molecule is CCCCCCC/C=C/C=C/C=C/CCCCCCCC(=O)OC(COCCC(C(=O)O)[N+](C)(C)C)COC(=O)CCCCCCCCCCCCCCCCCCCCC. The lowest BCUT2D eigenvalue weighted by Crippen LogP contribution is -2.50. The maximum absolute atomic E-state index is 12.8. The Morgan fingerprint density at radius 2 is 0.869 bits per heavy atom. The van der Waals surface area contributed by atoms with Crippen LogP contribution in [0.2, 0.25) is 0 Å². The zero-order chi connectivity index (χ0) is 44.9. The number of rotatable bonds is 46. The van der Waals surface area contributed by atoms with Crippen molar-refractivity contribution < 1.29 is 38.2 Å². The molecule has 0 aliphatic heterocycles. The predicted octanol–water partition coefficient (Wildman–Crippen LogP) is 14.6. The summed E-state index contributed by atoms with van der Waals surface area (Å²) in [5.41, 5.74) is 0. The predicted molar refractivity (Wildman–Crippen MR) is 257 cm³/mol. The van der Waals surface area contributed by atoms with Crippen LogP contribution in [0.15, 0.2) is 36.5 Å². The number of carboxylic acid groups (broad SMARTS) is 1. The van der Waals surface area contributed by atoms with Gasteiger partial charge in [-0.05, 0) is 38.5 Å². The van der Waals surface area contributed by atoms with Crippen LogP contribution in [0.3, 0.4) is 0 Å². The maximum Gasteiger partial charge on any atom is 0.362 e. The van der Waals surface area contributed by atoms with Crippen molar-refractivity contribution in [2.75, 3.05) is 41.0 Å². The molecule has 0 aromatic heterocycles. The number of likely N-dealkylation sites (N-methyl/N-ethyl adjacent to an activating group) is 1. The van der Waals surface area contributed by atoms with Gasteiger partial charge in [0.1, 0.15) is 6.61 Å². The van der Waals surface area contributed by atoms with Crippen LogP contribution in [-0.4, -0.2) is 80.6 Å². The van der Waals surface area contributed by atoms with Crippen molar-refractivity contribution >= 4 is 17.9 Å². The van der Waals surface area contributed by atoms with Gasteiger partial charge in [0.25, 0.3) is 0 Å². The molecule has 356 valence electrons. The van der Waals surface area contributed by atoms with Crippen LogP contribution < -0.4 is 0 Å². The minimum Gasteiger partial charge on any atom is -0.477 e. The molecule has 0 aromatic carbocycles. The number of carboxylic acids is 1. The molecule has 0 amide bonds. The normalized spacial score (nSPS) is 13.1. The first kappa shape index (κ1) is 58.6. The number of hydrogen-bond donors (Lipinski definition) is 1. The van der Waals surface area contributed by atoms with Crippen molar-refractivity contribution in [3.63, 3.8) is 0 Å². The second-order valence-electron chi connectivity index (χ2n) is 18.5. The Bertz CT molecular complexity index is 1090. The highest BCUT2D eigenvalue weighted by atomic mass is 16.6. The molecule has 0 saturated carbocycles. The maximum atomic E-state index is 12.8. The number of allylic oxidation sites excluding steroid dienone is 6. The fourth-order valence-corrected chi connectivity index (χ4v) is 7.62. The molecule has 0 bridgehead atoms. The van der Waals surface area contributed by atoms with Crippen molar-refractivity contribution in [1.29, 1.82) is 0 Å². The van der Waals surface area contributed by atoms with Crippen LogP contribution in [-0.2, 0) is 28.6 Å². The average Bonchev–Trinajstić information content (AvgIpc) is 3.22. The van der Waals surface area contributed by atoms with Gasteiger partial charge in [0.15, 0.2) is 12.1 Å². The molecule has 0 saturated heterocycles. The quantitative estimate of drug-likeness (QED) is 0.0282. The number of quaternary nitrogens is 1. The fourth-order valence-electron chi connectivity index (χ4n) is 7.62. The molecular formula is C53H98NO7+. The van der Waals surface area contributed by atoms with Gasteiger partial charge in [-0.15, -0.1) is 0 Å². The molecule has 0 rings (SSSR count). The van der Waals surface area contributed by atoms with Gasteiger partial charge in [-0.2, -0.15) is 0 Å². The van der Waals surface area contributed by atoms with Gasteiger partial charge in [0, 0.05) is 19.3 Å². The molecule has 8 heteroatoms. The van der Waals surface area contributed by atoms with Gasteiger partial charge in [0.2, 0.25) is 0 Å². The third kappa shape index (κ3) is 42.6. The van der Waals surface area contributed by atoms with Crippen molar-refractivity contribution in [2.45, 2.75) is 244 Å². The summed E-state index contributed by atoms with van der Waals surface area (Å²) in [6.45, 7) is 4.73. The van der Waals surface area contributed by atoms with E-state index in [0.717, 1.165) is 64.2 Å². The van der Waals surface area contributed by atoms with Crippen molar-refractivity contribution in [2.24, 2.45) is 0 Å². The summed E-state index contributed by atoms with van der Waals surface area (Å²) < 4.78 is 17.3. The van der Waals surface area contributed by atoms with Gasteiger partial charge in [-0.3, -0.25) is 9.59 Å². The lowest BCUT2D eigenvalue weighted by atomic mass is 10.0. The number of hydrogen-bond acceptors (Lipinski definition) is 6. The van der Waals surface area contributed by atoms with E-state index in [1.54, 1.807) is 0 Å². The van der Waals surface area contributed by atoms with Gasteiger partial charge in [-0.1, -0.05) is 211 Å². The zero-order valence-electron chi connectivity index (χ0n) is 40.6. The number of aliphatic carboxylic acids is 1. The lowest BCUT2D eigenvalue weighted by Gasteiger charge is -2.31. The molecule has 0 fully saturated rings. The van der Waals surface area contributed by atoms with Crippen LogP contribution >= 0.6 is 0 Å². The largest absolute Gasteiger partial charge is 0.477 e. The minimum absolute atomic E-state index is 0.0554. The van der Waals surface area contributed by atoms with Gasteiger partial charge in [-0.25, -0.2) is 4.79 Å². The van der Waals surface area contributed by atoms with Crippen LogP contribution in [0.1, 0.15) is 232 Å². The Balaban J connectivity index is 4.27. The van der Waals surface area contributed by atoms with Gasteiger partial charge in [0.05, 0.1) is 34.4 Å². The smallest absolute Gasteiger partial charge is 0.362 e. The number of nitrogens with zero attached hydrogens (tertiary/aromatic N) is 1. The first-order valence-electron chi connectivity index (χ1n) is 25.6. The van der Waals surface area contributed by atoms with E-state index in [1.165, 1.54) is 135 Å². The Morgan fingerprint density at radius 1 is 0.492 bits per heavy atom. The van der Waals surface area contributed by atoms with E-state index in [4.69, 9.17) is 14.2 Å². The Morgan fingerprint density at radius 3 is 1.26 bits per heavy atom. The summed E-state index contributed by atoms with van der Waals surface area (Å²) >= 11 is 0. The van der Waals surface area contributed by atoms with E-state index in [1.807, 2.05) is 21.1 Å². The van der Waals surface area contributed by atoms with E-state index in [0.29, 0.717) is 19.3 Å². The number of carbonyl (C=O) groups is 3. The second-order valence-corrected chi connectivity index (χ2v) is 18.5. The molecule has 1 N–H and O–H groups in total. The average molecular weight is 861 g/mol. The third-order valence-electron chi connectivity index (χ3n) is 11.6. The topological polar surface area (TPSA) is 99.1 Å². The minimum atomic E-state index is -0.876. The Hall–Kier alpha value is -2.45.